The zero-order valence-corrected chi connectivity index (χ0v) is 12.0. The molecule has 5 heteroatoms. The highest BCUT2D eigenvalue weighted by atomic mass is 16.5. The summed E-state index contributed by atoms with van der Waals surface area (Å²) in [5, 5.41) is 0. The van der Waals surface area contributed by atoms with E-state index in [1.165, 1.54) is 13.2 Å². The second-order valence-corrected chi connectivity index (χ2v) is 4.43. The van der Waals surface area contributed by atoms with Gasteiger partial charge in [-0.05, 0) is 35.9 Å². The van der Waals surface area contributed by atoms with E-state index in [0.29, 0.717) is 23.8 Å². The van der Waals surface area contributed by atoms with Crippen LogP contribution in [0.25, 0.3) is 0 Å². The largest absolute Gasteiger partial charge is 0.465 e. The molecule has 110 valence electrons. The van der Waals surface area contributed by atoms with E-state index < -0.39 is 5.97 Å². The Kier molecular flexibility index (Phi) is 4.79. The fourth-order valence-corrected chi connectivity index (χ4v) is 1.90. The number of nitrogens with two attached hydrogens (primary N) is 1. The van der Waals surface area contributed by atoms with E-state index in [-0.39, 0.29) is 5.56 Å². The highest BCUT2D eigenvalue weighted by Gasteiger charge is 2.14. The Morgan fingerprint density at radius 2 is 1.95 bits per heavy atom. The minimum atomic E-state index is -0.495. The molecule has 21 heavy (non-hydrogen) atoms. The number of rotatable bonds is 5. The number of anilines is 1. The number of hydrogen-bond acceptors (Lipinski definition) is 5. The van der Waals surface area contributed by atoms with Crippen LogP contribution in [0.3, 0.4) is 0 Å². The molecule has 2 aromatic rings. The number of methoxy groups -OCH3 is 2. The Hall–Kier alpha value is -2.53. The van der Waals surface area contributed by atoms with Gasteiger partial charge in [0, 0.05) is 12.8 Å². The molecule has 0 bridgehead atoms. The molecule has 2 rings (SSSR count). The smallest absolute Gasteiger partial charge is 0.341 e. The molecule has 0 unspecified atom stereocenters. The molecule has 0 radical (unpaired) electrons. The third kappa shape index (κ3) is 3.73. The molecule has 2 N–H and O–H groups in total. The van der Waals surface area contributed by atoms with Gasteiger partial charge < -0.3 is 19.9 Å². The van der Waals surface area contributed by atoms with Gasteiger partial charge in [-0.1, -0.05) is 12.1 Å². The third-order valence-electron chi connectivity index (χ3n) is 2.85. The second-order valence-electron chi connectivity index (χ2n) is 4.43. The van der Waals surface area contributed by atoms with Gasteiger partial charge in [-0.25, -0.2) is 4.79 Å². The van der Waals surface area contributed by atoms with Crippen LogP contribution in [0.4, 0.5) is 5.69 Å². The summed E-state index contributed by atoms with van der Waals surface area (Å²) in [5.74, 6) is 0.510. The topological polar surface area (TPSA) is 70.8 Å². The average molecular weight is 287 g/mol. The lowest BCUT2D eigenvalue weighted by Gasteiger charge is -2.11. The van der Waals surface area contributed by atoms with Crippen LogP contribution in [-0.2, 0) is 16.1 Å². The Morgan fingerprint density at radius 3 is 2.67 bits per heavy atom. The van der Waals surface area contributed by atoms with Gasteiger partial charge in [-0.2, -0.15) is 0 Å². The van der Waals surface area contributed by atoms with Crippen molar-refractivity contribution >= 4 is 11.7 Å². The van der Waals surface area contributed by atoms with Gasteiger partial charge >= 0.3 is 5.97 Å². The monoisotopic (exact) mass is 287 g/mol. The lowest BCUT2D eigenvalue weighted by Crippen LogP contribution is -2.04. The van der Waals surface area contributed by atoms with Crippen molar-refractivity contribution in [3.05, 3.63) is 53.6 Å². The highest BCUT2D eigenvalue weighted by Crippen LogP contribution is 2.28. The maximum atomic E-state index is 11.8. The van der Waals surface area contributed by atoms with Crippen molar-refractivity contribution in [2.45, 2.75) is 6.61 Å². The molecule has 0 aliphatic carbocycles. The van der Waals surface area contributed by atoms with Crippen molar-refractivity contribution in [1.29, 1.82) is 0 Å². The van der Waals surface area contributed by atoms with Gasteiger partial charge in [0.25, 0.3) is 0 Å². The molecule has 0 aliphatic heterocycles. The Bertz CT molecular complexity index is 640. The normalized spacial score (nSPS) is 10.2. The summed E-state index contributed by atoms with van der Waals surface area (Å²) >= 11 is 0. The standard InChI is InChI=1S/C16H17NO4/c1-19-10-11-4-3-5-13(8-11)21-15-7-6-12(17)9-14(15)16(18)20-2/h3-9H,10,17H2,1-2H3. The highest BCUT2D eigenvalue weighted by molar-refractivity contribution is 5.93. The van der Waals surface area contributed by atoms with Crippen LogP contribution in [0.15, 0.2) is 42.5 Å². The van der Waals surface area contributed by atoms with Gasteiger partial charge in [0.2, 0.25) is 0 Å². The first-order valence-electron chi connectivity index (χ1n) is 6.37. The lowest BCUT2D eigenvalue weighted by molar-refractivity contribution is 0.0598. The van der Waals surface area contributed by atoms with E-state index in [0.717, 1.165) is 5.56 Å². The van der Waals surface area contributed by atoms with E-state index in [4.69, 9.17) is 19.9 Å². The Labute approximate surface area is 123 Å². The summed E-state index contributed by atoms with van der Waals surface area (Å²) in [7, 11) is 2.94. The van der Waals surface area contributed by atoms with Crippen molar-refractivity contribution in [2.24, 2.45) is 0 Å². The summed E-state index contributed by atoms with van der Waals surface area (Å²) < 4.78 is 15.6. The van der Waals surface area contributed by atoms with Gasteiger partial charge in [-0.15, -0.1) is 0 Å². The predicted molar refractivity (Wildman–Crippen MR) is 79.4 cm³/mol. The van der Waals surface area contributed by atoms with Crippen molar-refractivity contribution in [3.8, 4) is 11.5 Å². The third-order valence-corrected chi connectivity index (χ3v) is 2.85. The fraction of sp³-hybridized carbons (Fsp3) is 0.188. The number of carbonyl (C=O) groups is 1. The molecule has 0 aromatic heterocycles. The predicted octanol–water partition coefficient (Wildman–Crippen LogP) is 2.99. The zero-order valence-electron chi connectivity index (χ0n) is 12.0. The van der Waals surface area contributed by atoms with Crippen molar-refractivity contribution in [2.75, 3.05) is 20.0 Å². The summed E-state index contributed by atoms with van der Waals surface area (Å²) in [4.78, 5) is 11.8. The second kappa shape index (κ2) is 6.76. The van der Waals surface area contributed by atoms with Crippen LogP contribution in [0.5, 0.6) is 11.5 Å². The number of carbonyl (C=O) groups excluding carboxylic acids is 1. The Morgan fingerprint density at radius 1 is 1.14 bits per heavy atom. The van der Waals surface area contributed by atoms with Crippen LogP contribution >= 0.6 is 0 Å². The zero-order chi connectivity index (χ0) is 15.2. The van der Waals surface area contributed by atoms with Crippen LogP contribution in [0.1, 0.15) is 15.9 Å². The molecule has 0 aliphatic rings. The number of hydrogen-bond donors (Lipinski definition) is 1. The molecule has 0 saturated heterocycles. The number of esters is 1. The van der Waals surface area contributed by atoms with Crippen molar-refractivity contribution < 1.29 is 19.0 Å². The van der Waals surface area contributed by atoms with Crippen LogP contribution < -0.4 is 10.5 Å². The number of ether oxygens (including phenoxy) is 3. The van der Waals surface area contributed by atoms with Gasteiger partial charge in [0.1, 0.15) is 17.1 Å². The first-order chi connectivity index (χ1) is 10.1. The van der Waals surface area contributed by atoms with Crippen LogP contribution in [0, 0.1) is 0 Å². The first kappa shape index (κ1) is 14.9. The Balaban J connectivity index is 2.30. The average Bonchev–Trinajstić information content (AvgIpc) is 2.49. The van der Waals surface area contributed by atoms with E-state index in [1.54, 1.807) is 25.3 Å². The van der Waals surface area contributed by atoms with Gasteiger partial charge in [0.15, 0.2) is 0 Å². The molecule has 0 fully saturated rings. The maximum Gasteiger partial charge on any atom is 0.341 e. The molecule has 0 saturated carbocycles. The minimum absolute atomic E-state index is 0.287. The molecule has 0 amide bonds. The van der Waals surface area contributed by atoms with E-state index in [2.05, 4.69) is 0 Å². The summed E-state index contributed by atoms with van der Waals surface area (Å²) in [6.07, 6.45) is 0. The maximum absolute atomic E-state index is 11.8. The molecule has 2 aromatic carbocycles. The summed E-state index contributed by atoms with van der Waals surface area (Å²) in [6, 6.07) is 12.3. The molecule has 0 heterocycles. The minimum Gasteiger partial charge on any atom is -0.465 e. The van der Waals surface area contributed by atoms with Crippen LogP contribution in [-0.4, -0.2) is 20.2 Å². The first-order valence-corrected chi connectivity index (χ1v) is 6.37. The van der Waals surface area contributed by atoms with E-state index >= 15 is 0 Å². The summed E-state index contributed by atoms with van der Waals surface area (Å²) in [6.45, 7) is 0.489. The fourth-order valence-electron chi connectivity index (χ4n) is 1.90. The number of benzene rings is 2. The molecule has 5 nitrogen and oxygen atoms in total. The number of nitrogen functional groups attached to an aromatic ring is 1. The molecule has 0 atom stereocenters. The quantitative estimate of drug-likeness (QED) is 0.676. The summed E-state index contributed by atoms with van der Waals surface area (Å²) in [5.41, 5.74) is 7.43. The van der Waals surface area contributed by atoms with E-state index in [9.17, 15) is 4.79 Å². The van der Waals surface area contributed by atoms with Crippen LogP contribution in [0.2, 0.25) is 0 Å². The van der Waals surface area contributed by atoms with E-state index in [1.807, 2.05) is 18.2 Å². The SMILES string of the molecule is COCc1cccc(Oc2ccc(N)cc2C(=O)OC)c1. The lowest BCUT2D eigenvalue weighted by atomic mass is 10.1. The molecule has 0 spiro atoms. The molecular formula is C16H17NO4. The molecular weight excluding hydrogens is 270 g/mol. The van der Waals surface area contributed by atoms with Gasteiger partial charge in [-0.3, -0.25) is 0 Å². The van der Waals surface area contributed by atoms with Crippen molar-refractivity contribution in [3.63, 3.8) is 0 Å². The van der Waals surface area contributed by atoms with Gasteiger partial charge in [0.05, 0.1) is 13.7 Å². The van der Waals surface area contributed by atoms with Crippen molar-refractivity contribution in [1.82, 2.24) is 0 Å².